The van der Waals surface area contributed by atoms with Crippen molar-refractivity contribution in [1.29, 1.82) is 0 Å². The SMILES string of the molecule is COc1ccc(C(NC(=O)CCC(=O)N2CCC(c3ccccc3)=N2)c2ccccc2)cc1. The zero-order valence-corrected chi connectivity index (χ0v) is 18.6. The molecule has 1 heterocycles. The molecule has 1 N–H and O–H groups in total. The molecule has 1 atom stereocenters. The van der Waals surface area contributed by atoms with E-state index in [0.29, 0.717) is 6.54 Å². The van der Waals surface area contributed by atoms with Crippen LogP contribution >= 0.6 is 0 Å². The number of benzene rings is 3. The van der Waals surface area contributed by atoms with Crippen molar-refractivity contribution in [3.8, 4) is 5.75 Å². The Balaban J connectivity index is 1.38. The van der Waals surface area contributed by atoms with Crippen molar-refractivity contribution in [2.45, 2.75) is 25.3 Å². The van der Waals surface area contributed by atoms with Gasteiger partial charge in [-0.05, 0) is 28.8 Å². The van der Waals surface area contributed by atoms with Crippen LogP contribution in [0, 0.1) is 0 Å². The van der Waals surface area contributed by atoms with Crippen LogP contribution in [0.15, 0.2) is 90.0 Å². The van der Waals surface area contributed by atoms with Gasteiger partial charge in [-0.2, -0.15) is 5.10 Å². The summed E-state index contributed by atoms with van der Waals surface area (Å²) in [5.41, 5.74) is 3.84. The summed E-state index contributed by atoms with van der Waals surface area (Å²) in [5, 5.41) is 9.03. The van der Waals surface area contributed by atoms with Crippen LogP contribution in [0.1, 0.15) is 42.0 Å². The molecule has 33 heavy (non-hydrogen) atoms. The van der Waals surface area contributed by atoms with Crippen LogP contribution in [0.3, 0.4) is 0 Å². The Bertz CT molecular complexity index is 1110. The monoisotopic (exact) mass is 441 g/mol. The van der Waals surface area contributed by atoms with Gasteiger partial charge >= 0.3 is 0 Å². The molecule has 0 radical (unpaired) electrons. The molecule has 0 spiro atoms. The molecule has 0 aromatic heterocycles. The summed E-state index contributed by atoms with van der Waals surface area (Å²) >= 11 is 0. The number of carbonyl (C=O) groups excluding carboxylic acids is 2. The first-order valence-electron chi connectivity index (χ1n) is 11.1. The fraction of sp³-hybridized carbons (Fsp3) is 0.222. The Hall–Kier alpha value is -3.93. The van der Waals surface area contributed by atoms with E-state index in [-0.39, 0.29) is 30.7 Å². The molecule has 168 valence electrons. The summed E-state index contributed by atoms with van der Waals surface area (Å²) in [6, 6.07) is 26.9. The molecule has 2 amide bonds. The van der Waals surface area contributed by atoms with Gasteiger partial charge in [0.15, 0.2) is 0 Å². The molecule has 0 aliphatic carbocycles. The quantitative estimate of drug-likeness (QED) is 0.566. The summed E-state index contributed by atoms with van der Waals surface area (Å²) in [4.78, 5) is 25.4. The first-order chi connectivity index (χ1) is 16.1. The van der Waals surface area contributed by atoms with Crippen molar-refractivity contribution in [1.82, 2.24) is 10.3 Å². The van der Waals surface area contributed by atoms with Gasteiger partial charge in [-0.3, -0.25) is 9.59 Å². The second kappa shape index (κ2) is 10.6. The van der Waals surface area contributed by atoms with Crippen molar-refractivity contribution in [2.75, 3.05) is 13.7 Å². The van der Waals surface area contributed by atoms with Gasteiger partial charge in [0.05, 0.1) is 25.4 Å². The molecule has 3 aromatic rings. The molecule has 4 rings (SSSR count). The van der Waals surface area contributed by atoms with E-state index < -0.39 is 0 Å². The van der Waals surface area contributed by atoms with E-state index in [2.05, 4.69) is 10.4 Å². The van der Waals surface area contributed by atoms with Crippen LogP contribution in [-0.2, 0) is 9.59 Å². The second-order valence-corrected chi connectivity index (χ2v) is 7.86. The van der Waals surface area contributed by atoms with Crippen LogP contribution in [0.2, 0.25) is 0 Å². The maximum atomic E-state index is 12.8. The van der Waals surface area contributed by atoms with Gasteiger partial charge < -0.3 is 10.1 Å². The molecule has 0 saturated carbocycles. The third-order valence-electron chi connectivity index (χ3n) is 5.65. The first-order valence-corrected chi connectivity index (χ1v) is 11.1. The number of nitrogens with zero attached hydrogens (tertiary/aromatic N) is 2. The van der Waals surface area contributed by atoms with Gasteiger partial charge in [0.2, 0.25) is 11.8 Å². The van der Waals surface area contributed by atoms with Gasteiger partial charge in [-0.15, -0.1) is 0 Å². The minimum Gasteiger partial charge on any atom is -0.497 e. The van der Waals surface area contributed by atoms with E-state index in [1.54, 1.807) is 7.11 Å². The highest BCUT2D eigenvalue weighted by atomic mass is 16.5. The molecular weight excluding hydrogens is 414 g/mol. The van der Waals surface area contributed by atoms with Crippen molar-refractivity contribution < 1.29 is 14.3 Å². The van der Waals surface area contributed by atoms with Crippen molar-refractivity contribution in [2.24, 2.45) is 5.10 Å². The number of carbonyl (C=O) groups is 2. The predicted molar refractivity (Wildman–Crippen MR) is 128 cm³/mol. The predicted octanol–water partition coefficient (Wildman–Crippen LogP) is 4.32. The van der Waals surface area contributed by atoms with Gasteiger partial charge in [-0.25, -0.2) is 5.01 Å². The fourth-order valence-corrected chi connectivity index (χ4v) is 3.85. The Morgan fingerprint density at radius 2 is 1.55 bits per heavy atom. The number of ether oxygens (including phenoxy) is 1. The number of hydrazone groups is 1. The second-order valence-electron chi connectivity index (χ2n) is 7.86. The summed E-state index contributed by atoms with van der Waals surface area (Å²) in [5.74, 6) is 0.430. The maximum absolute atomic E-state index is 12.8. The molecule has 0 saturated heterocycles. The Labute approximate surface area is 193 Å². The largest absolute Gasteiger partial charge is 0.497 e. The zero-order chi connectivity index (χ0) is 23.0. The minimum atomic E-state index is -0.311. The number of rotatable bonds is 8. The molecular formula is C27H27N3O3. The van der Waals surface area contributed by atoms with Gasteiger partial charge in [0.1, 0.15) is 5.75 Å². The molecule has 1 unspecified atom stereocenters. The van der Waals surface area contributed by atoms with Crippen LogP contribution in [-0.4, -0.2) is 36.2 Å². The molecule has 0 fully saturated rings. The van der Waals surface area contributed by atoms with E-state index in [9.17, 15) is 9.59 Å². The normalized spacial score (nSPS) is 13.8. The smallest absolute Gasteiger partial charge is 0.243 e. The van der Waals surface area contributed by atoms with Crippen LogP contribution < -0.4 is 10.1 Å². The highest BCUT2D eigenvalue weighted by Crippen LogP contribution is 2.24. The first kappa shape index (κ1) is 22.3. The topological polar surface area (TPSA) is 71.0 Å². The molecule has 1 aliphatic rings. The molecule has 0 bridgehead atoms. The summed E-state index contributed by atoms with van der Waals surface area (Å²) in [6.45, 7) is 0.545. The van der Waals surface area contributed by atoms with Crippen LogP contribution in [0.4, 0.5) is 0 Å². The Kier molecular flexibility index (Phi) is 7.15. The van der Waals surface area contributed by atoms with Crippen molar-refractivity contribution in [3.05, 3.63) is 102 Å². The van der Waals surface area contributed by atoms with Crippen molar-refractivity contribution >= 4 is 17.5 Å². The third-order valence-corrected chi connectivity index (χ3v) is 5.65. The maximum Gasteiger partial charge on any atom is 0.243 e. The lowest BCUT2D eigenvalue weighted by molar-refractivity contribution is -0.133. The molecule has 3 aromatic carbocycles. The average Bonchev–Trinajstić information content (AvgIpc) is 3.38. The lowest BCUT2D eigenvalue weighted by Gasteiger charge is -2.20. The highest BCUT2D eigenvalue weighted by Gasteiger charge is 2.23. The minimum absolute atomic E-state index is 0.102. The summed E-state index contributed by atoms with van der Waals surface area (Å²) in [6.07, 6.45) is 0.933. The molecule has 6 nitrogen and oxygen atoms in total. The molecule has 1 aliphatic heterocycles. The fourth-order valence-electron chi connectivity index (χ4n) is 3.85. The number of amides is 2. The molecule has 6 heteroatoms. The van der Waals surface area contributed by atoms with Gasteiger partial charge in [-0.1, -0.05) is 72.8 Å². The number of methoxy groups -OCH3 is 1. The number of nitrogens with one attached hydrogen (secondary N) is 1. The van der Waals surface area contributed by atoms with Crippen molar-refractivity contribution in [3.63, 3.8) is 0 Å². The van der Waals surface area contributed by atoms with Gasteiger partial charge in [0.25, 0.3) is 0 Å². The average molecular weight is 442 g/mol. The Morgan fingerprint density at radius 1 is 0.909 bits per heavy atom. The van der Waals surface area contributed by atoms with E-state index >= 15 is 0 Å². The Morgan fingerprint density at radius 3 is 2.21 bits per heavy atom. The van der Waals surface area contributed by atoms with Crippen LogP contribution in [0.25, 0.3) is 0 Å². The number of hydrogen-bond acceptors (Lipinski definition) is 4. The lowest BCUT2D eigenvalue weighted by atomic mass is 9.98. The zero-order valence-electron chi connectivity index (χ0n) is 18.6. The number of hydrogen-bond donors (Lipinski definition) is 1. The van der Waals surface area contributed by atoms with E-state index in [1.807, 2.05) is 84.9 Å². The van der Waals surface area contributed by atoms with Crippen LogP contribution in [0.5, 0.6) is 5.75 Å². The highest BCUT2D eigenvalue weighted by molar-refractivity contribution is 6.02. The van der Waals surface area contributed by atoms with E-state index in [4.69, 9.17) is 4.74 Å². The standard InChI is InChI=1S/C27H27N3O3/c1-33-23-14-12-22(13-15-23)27(21-10-6-3-7-11-21)28-25(31)16-17-26(32)30-19-18-24(29-30)20-8-4-2-5-9-20/h2-15,27H,16-19H2,1H3,(H,28,31). The van der Waals surface area contributed by atoms with Gasteiger partial charge in [0, 0.05) is 19.3 Å². The summed E-state index contributed by atoms with van der Waals surface area (Å²) < 4.78 is 5.25. The lowest BCUT2D eigenvalue weighted by Crippen LogP contribution is -2.31. The summed E-state index contributed by atoms with van der Waals surface area (Å²) in [7, 11) is 1.62. The van der Waals surface area contributed by atoms with E-state index in [1.165, 1.54) is 5.01 Å². The third kappa shape index (κ3) is 5.66. The van der Waals surface area contributed by atoms with E-state index in [0.717, 1.165) is 34.6 Å².